The number of hydrogen-bond acceptors (Lipinski definition) is 2. The van der Waals surface area contributed by atoms with Crippen molar-refractivity contribution in [2.45, 2.75) is 20.5 Å². The number of rotatable bonds is 3. The zero-order chi connectivity index (χ0) is 13.1. The Kier molecular flexibility index (Phi) is 3.92. The maximum absolute atomic E-state index is 5.94. The van der Waals surface area contributed by atoms with Gasteiger partial charge in [-0.2, -0.15) is 0 Å². The number of nitrogens with two attached hydrogens (primary N) is 1. The van der Waals surface area contributed by atoms with E-state index in [9.17, 15) is 0 Å². The van der Waals surface area contributed by atoms with Gasteiger partial charge in [-0.15, -0.1) is 0 Å². The molecular formula is C15H16BrNO. The Bertz CT molecular complexity index is 546. The molecule has 0 spiro atoms. The van der Waals surface area contributed by atoms with Crippen molar-refractivity contribution in [1.29, 1.82) is 0 Å². The minimum absolute atomic E-state index is 0.469. The minimum Gasteiger partial charge on any atom is -0.489 e. The zero-order valence-electron chi connectivity index (χ0n) is 10.5. The highest BCUT2D eigenvalue weighted by molar-refractivity contribution is 9.10. The van der Waals surface area contributed by atoms with Crippen LogP contribution in [0.1, 0.15) is 16.7 Å². The van der Waals surface area contributed by atoms with E-state index in [1.165, 1.54) is 5.56 Å². The molecule has 0 radical (unpaired) electrons. The summed E-state index contributed by atoms with van der Waals surface area (Å²) < 4.78 is 6.81. The number of hydrogen-bond donors (Lipinski definition) is 1. The van der Waals surface area contributed by atoms with E-state index in [2.05, 4.69) is 28.9 Å². The van der Waals surface area contributed by atoms with Crippen LogP contribution in [0.2, 0.25) is 0 Å². The molecule has 2 aromatic carbocycles. The Labute approximate surface area is 116 Å². The highest BCUT2D eigenvalue weighted by Crippen LogP contribution is 2.26. The lowest BCUT2D eigenvalue weighted by atomic mass is 10.1. The van der Waals surface area contributed by atoms with Crippen molar-refractivity contribution in [2.75, 3.05) is 5.73 Å². The molecule has 0 atom stereocenters. The van der Waals surface area contributed by atoms with Crippen LogP contribution in [0.5, 0.6) is 5.75 Å². The van der Waals surface area contributed by atoms with Gasteiger partial charge in [0.25, 0.3) is 0 Å². The lowest BCUT2D eigenvalue weighted by molar-refractivity contribution is 0.304. The molecule has 2 rings (SSSR count). The minimum atomic E-state index is 0.469. The summed E-state index contributed by atoms with van der Waals surface area (Å²) in [6.45, 7) is 4.59. The van der Waals surface area contributed by atoms with Gasteiger partial charge in [0, 0.05) is 15.7 Å². The first-order chi connectivity index (χ1) is 8.58. The molecule has 0 aliphatic rings. The Balaban J connectivity index is 2.16. The van der Waals surface area contributed by atoms with Crippen LogP contribution in [-0.4, -0.2) is 0 Å². The number of anilines is 1. The van der Waals surface area contributed by atoms with Crippen molar-refractivity contribution < 1.29 is 4.74 Å². The first-order valence-corrected chi connectivity index (χ1v) is 6.60. The van der Waals surface area contributed by atoms with Crippen LogP contribution in [0.25, 0.3) is 0 Å². The highest BCUT2D eigenvalue weighted by atomic mass is 79.9. The Hall–Kier alpha value is -1.48. The lowest BCUT2D eigenvalue weighted by Crippen LogP contribution is -2.02. The molecule has 0 heterocycles. The second-order valence-corrected chi connectivity index (χ2v) is 5.22. The third-order valence-corrected chi connectivity index (χ3v) is 3.60. The van der Waals surface area contributed by atoms with E-state index < -0.39 is 0 Å². The zero-order valence-corrected chi connectivity index (χ0v) is 12.1. The monoisotopic (exact) mass is 305 g/mol. The molecule has 2 nitrogen and oxygen atoms in total. The molecule has 0 saturated heterocycles. The van der Waals surface area contributed by atoms with E-state index in [1.807, 2.05) is 37.3 Å². The van der Waals surface area contributed by atoms with E-state index in [1.54, 1.807) is 0 Å². The normalized spacial score (nSPS) is 10.4. The Morgan fingerprint density at radius 3 is 2.61 bits per heavy atom. The summed E-state index contributed by atoms with van der Waals surface area (Å²) >= 11 is 3.49. The summed E-state index contributed by atoms with van der Waals surface area (Å²) in [6.07, 6.45) is 0. The molecule has 18 heavy (non-hydrogen) atoms. The van der Waals surface area contributed by atoms with Crippen LogP contribution < -0.4 is 10.5 Å². The second-order valence-electron chi connectivity index (χ2n) is 4.37. The van der Waals surface area contributed by atoms with Crippen molar-refractivity contribution in [3.05, 3.63) is 57.6 Å². The second kappa shape index (κ2) is 5.44. The topological polar surface area (TPSA) is 35.2 Å². The fourth-order valence-corrected chi connectivity index (χ4v) is 2.33. The molecule has 0 aliphatic heterocycles. The van der Waals surface area contributed by atoms with Gasteiger partial charge in [0.1, 0.15) is 12.4 Å². The Morgan fingerprint density at radius 2 is 1.94 bits per heavy atom. The molecule has 0 aromatic heterocycles. The molecule has 0 unspecified atom stereocenters. The van der Waals surface area contributed by atoms with Crippen LogP contribution in [0.3, 0.4) is 0 Å². The van der Waals surface area contributed by atoms with Crippen molar-refractivity contribution in [1.82, 2.24) is 0 Å². The highest BCUT2D eigenvalue weighted by Gasteiger charge is 2.06. The number of ether oxygens (including phenoxy) is 1. The Morgan fingerprint density at radius 1 is 1.17 bits per heavy atom. The average Bonchev–Trinajstić information content (AvgIpc) is 2.31. The van der Waals surface area contributed by atoms with Crippen LogP contribution in [-0.2, 0) is 6.61 Å². The molecule has 94 valence electrons. The summed E-state index contributed by atoms with van der Waals surface area (Å²) in [5.41, 5.74) is 10.0. The standard InChI is InChI=1S/C15H16BrNO/c1-10-6-7-15(11(2)8-10)18-9-12-13(16)4-3-5-14(12)17/h3-8H,9,17H2,1-2H3. The molecule has 2 aromatic rings. The molecule has 0 amide bonds. The lowest BCUT2D eigenvalue weighted by Gasteiger charge is -2.12. The first kappa shape index (κ1) is 13.0. The van der Waals surface area contributed by atoms with Crippen molar-refractivity contribution >= 4 is 21.6 Å². The molecule has 0 saturated carbocycles. The third-order valence-electron chi connectivity index (χ3n) is 2.86. The summed E-state index contributed by atoms with van der Waals surface area (Å²) in [4.78, 5) is 0. The van der Waals surface area contributed by atoms with Gasteiger partial charge in [-0.25, -0.2) is 0 Å². The SMILES string of the molecule is Cc1ccc(OCc2c(N)cccc2Br)c(C)c1. The predicted octanol–water partition coefficient (Wildman–Crippen LogP) is 4.23. The van der Waals surface area contributed by atoms with E-state index in [4.69, 9.17) is 10.5 Å². The van der Waals surface area contributed by atoms with Gasteiger partial charge < -0.3 is 10.5 Å². The van der Waals surface area contributed by atoms with Crippen LogP contribution in [0.4, 0.5) is 5.69 Å². The van der Waals surface area contributed by atoms with Crippen molar-refractivity contribution in [3.63, 3.8) is 0 Å². The van der Waals surface area contributed by atoms with Crippen LogP contribution in [0, 0.1) is 13.8 Å². The number of halogens is 1. The van der Waals surface area contributed by atoms with Crippen LogP contribution in [0.15, 0.2) is 40.9 Å². The average molecular weight is 306 g/mol. The van der Waals surface area contributed by atoms with Crippen LogP contribution >= 0.6 is 15.9 Å². The molecule has 0 aliphatic carbocycles. The van der Waals surface area contributed by atoms with E-state index in [0.29, 0.717) is 6.61 Å². The largest absolute Gasteiger partial charge is 0.489 e. The van der Waals surface area contributed by atoms with Gasteiger partial charge in [0.05, 0.1) is 0 Å². The molecule has 0 fully saturated rings. The third kappa shape index (κ3) is 2.85. The fourth-order valence-electron chi connectivity index (χ4n) is 1.84. The summed E-state index contributed by atoms with van der Waals surface area (Å²) in [7, 11) is 0. The van der Waals surface area contributed by atoms with Crippen molar-refractivity contribution in [2.24, 2.45) is 0 Å². The van der Waals surface area contributed by atoms with Gasteiger partial charge in [-0.1, -0.05) is 39.7 Å². The summed E-state index contributed by atoms with van der Waals surface area (Å²) in [6, 6.07) is 11.9. The van der Waals surface area contributed by atoms with Gasteiger partial charge >= 0.3 is 0 Å². The number of aryl methyl sites for hydroxylation is 2. The van der Waals surface area contributed by atoms with E-state index in [-0.39, 0.29) is 0 Å². The number of nitrogen functional groups attached to an aromatic ring is 1. The van der Waals surface area contributed by atoms with E-state index in [0.717, 1.165) is 27.0 Å². The van der Waals surface area contributed by atoms with Gasteiger partial charge in [-0.3, -0.25) is 0 Å². The molecule has 0 bridgehead atoms. The maximum atomic E-state index is 5.94. The van der Waals surface area contributed by atoms with Gasteiger partial charge in [0.2, 0.25) is 0 Å². The summed E-state index contributed by atoms with van der Waals surface area (Å²) in [5.74, 6) is 0.899. The first-order valence-electron chi connectivity index (χ1n) is 5.81. The maximum Gasteiger partial charge on any atom is 0.122 e. The van der Waals surface area contributed by atoms with Gasteiger partial charge in [-0.05, 0) is 37.6 Å². The molecule has 3 heteroatoms. The quantitative estimate of drug-likeness (QED) is 0.861. The predicted molar refractivity (Wildman–Crippen MR) is 78.8 cm³/mol. The van der Waals surface area contributed by atoms with Gasteiger partial charge in [0.15, 0.2) is 0 Å². The van der Waals surface area contributed by atoms with E-state index >= 15 is 0 Å². The molecule has 2 N–H and O–H groups in total. The van der Waals surface area contributed by atoms with Crippen molar-refractivity contribution in [3.8, 4) is 5.75 Å². The molecular weight excluding hydrogens is 290 g/mol. The smallest absolute Gasteiger partial charge is 0.122 e. The fraction of sp³-hybridized carbons (Fsp3) is 0.200. The number of benzene rings is 2. The summed E-state index contributed by atoms with van der Waals surface area (Å²) in [5, 5.41) is 0.